The summed E-state index contributed by atoms with van der Waals surface area (Å²) < 4.78 is 13.7. The van der Waals surface area contributed by atoms with Gasteiger partial charge in [-0.3, -0.25) is 9.69 Å². The molecular weight excluding hydrogens is 346 g/mol. The fourth-order valence-electron chi connectivity index (χ4n) is 4.16. The van der Waals surface area contributed by atoms with Gasteiger partial charge in [-0.25, -0.2) is 9.50 Å². The van der Waals surface area contributed by atoms with Crippen molar-refractivity contribution in [3.8, 4) is 0 Å². The Labute approximate surface area is 158 Å². The van der Waals surface area contributed by atoms with Gasteiger partial charge in [-0.05, 0) is 24.8 Å². The van der Waals surface area contributed by atoms with Gasteiger partial charge in [0.15, 0.2) is 5.65 Å². The highest BCUT2D eigenvalue weighted by Crippen LogP contribution is 2.31. The quantitative estimate of drug-likeness (QED) is 0.790. The summed E-state index contributed by atoms with van der Waals surface area (Å²) in [6.45, 7) is 5.77. The van der Waals surface area contributed by atoms with E-state index in [0.717, 1.165) is 32.2 Å². The van der Waals surface area contributed by atoms with Gasteiger partial charge in [0.1, 0.15) is 11.2 Å². The molecule has 8 nitrogen and oxygen atoms in total. The molecule has 2 aromatic rings. The third-order valence-corrected chi connectivity index (χ3v) is 5.69. The molecule has 1 aliphatic carbocycles. The monoisotopic (exact) mass is 371 g/mol. The summed E-state index contributed by atoms with van der Waals surface area (Å²) in [6, 6.07) is 1.80. The first kappa shape index (κ1) is 17.1. The van der Waals surface area contributed by atoms with E-state index in [2.05, 4.69) is 15.0 Å². The fourth-order valence-corrected chi connectivity index (χ4v) is 4.16. The molecule has 0 N–H and O–H groups in total. The third-order valence-electron chi connectivity index (χ3n) is 5.69. The van der Waals surface area contributed by atoms with Gasteiger partial charge in [-0.2, -0.15) is 5.10 Å². The van der Waals surface area contributed by atoms with E-state index in [1.807, 2.05) is 4.90 Å². The second-order valence-electron chi connectivity index (χ2n) is 7.94. The molecule has 1 amide bonds. The summed E-state index contributed by atoms with van der Waals surface area (Å²) in [7, 11) is 0. The molecule has 5 rings (SSSR count). The average molecular weight is 371 g/mol. The van der Waals surface area contributed by atoms with Crippen molar-refractivity contribution in [1.29, 1.82) is 0 Å². The van der Waals surface area contributed by atoms with Crippen LogP contribution in [0.2, 0.25) is 0 Å². The van der Waals surface area contributed by atoms with Crippen LogP contribution in [0, 0.1) is 5.92 Å². The van der Waals surface area contributed by atoms with Crippen molar-refractivity contribution < 1.29 is 14.3 Å². The topological polar surface area (TPSA) is 72.2 Å². The molecule has 1 spiro atoms. The number of carbonyl (C=O) groups excluding carboxylic acids is 1. The van der Waals surface area contributed by atoms with E-state index in [9.17, 15) is 4.79 Å². The van der Waals surface area contributed by atoms with E-state index < -0.39 is 5.60 Å². The second-order valence-corrected chi connectivity index (χ2v) is 7.94. The van der Waals surface area contributed by atoms with Gasteiger partial charge in [0.05, 0.1) is 32.6 Å². The predicted molar refractivity (Wildman–Crippen MR) is 97.6 cm³/mol. The SMILES string of the molecule is O=C(c1cnn2cccnc12)N1CCOC2(COCCN(CC3CC3)C2)C1. The Bertz CT molecular complexity index is 836. The molecule has 2 aliphatic heterocycles. The lowest BCUT2D eigenvalue weighted by atomic mass is 10.0. The van der Waals surface area contributed by atoms with E-state index in [0.29, 0.717) is 37.5 Å². The number of hydrogen-bond acceptors (Lipinski definition) is 6. The lowest BCUT2D eigenvalue weighted by molar-refractivity contribution is -0.133. The minimum Gasteiger partial charge on any atom is -0.377 e. The minimum atomic E-state index is -0.449. The molecule has 8 heteroatoms. The minimum absolute atomic E-state index is 0.0376. The number of aromatic nitrogens is 3. The van der Waals surface area contributed by atoms with Gasteiger partial charge in [-0.1, -0.05) is 0 Å². The predicted octanol–water partition coefficient (Wildman–Crippen LogP) is 0.683. The number of morpholine rings is 1. The molecule has 1 saturated carbocycles. The van der Waals surface area contributed by atoms with Crippen LogP contribution in [0.25, 0.3) is 5.65 Å². The molecule has 3 aliphatic rings. The summed E-state index contributed by atoms with van der Waals surface area (Å²) >= 11 is 0. The summed E-state index contributed by atoms with van der Waals surface area (Å²) in [5.41, 5.74) is 0.683. The van der Waals surface area contributed by atoms with Crippen molar-refractivity contribution >= 4 is 11.6 Å². The number of fused-ring (bicyclic) bond motifs is 1. The smallest absolute Gasteiger partial charge is 0.259 e. The summed E-state index contributed by atoms with van der Waals surface area (Å²) in [5, 5.41) is 4.25. The zero-order valence-corrected chi connectivity index (χ0v) is 15.4. The number of ether oxygens (including phenoxy) is 2. The number of rotatable bonds is 3. The van der Waals surface area contributed by atoms with Gasteiger partial charge < -0.3 is 14.4 Å². The Balaban J connectivity index is 1.35. The van der Waals surface area contributed by atoms with Crippen LogP contribution in [0.1, 0.15) is 23.2 Å². The van der Waals surface area contributed by atoms with Crippen LogP contribution in [0.5, 0.6) is 0 Å². The van der Waals surface area contributed by atoms with Gasteiger partial charge in [0.25, 0.3) is 5.91 Å². The highest BCUT2D eigenvalue weighted by atomic mass is 16.5. The van der Waals surface area contributed by atoms with Crippen molar-refractivity contribution in [3.05, 3.63) is 30.2 Å². The molecule has 144 valence electrons. The summed E-state index contributed by atoms with van der Waals surface area (Å²) in [4.78, 5) is 21.8. The van der Waals surface area contributed by atoms with Crippen molar-refractivity contribution in [2.24, 2.45) is 5.92 Å². The Hall–Kier alpha value is -2.03. The fraction of sp³-hybridized carbons (Fsp3) is 0.632. The van der Waals surface area contributed by atoms with E-state index in [4.69, 9.17) is 9.47 Å². The largest absolute Gasteiger partial charge is 0.377 e. The first-order valence-electron chi connectivity index (χ1n) is 9.74. The van der Waals surface area contributed by atoms with Crippen LogP contribution >= 0.6 is 0 Å². The summed E-state index contributed by atoms with van der Waals surface area (Å²) in [5.74, 6) is 0.788. The molecule has 27 heavy (non-hydrogen) atoms. The average Bonchev–Trinajstić information content (AvgIpc) is 3.43. The van der Waals surface area contributed by atoms with Crippen LogP contribution in [0.15, 0.2) is 24.7 Å². The molecule has 0 bridgehead atoms. The third kappa shape index (κ3) is 3.44. The van der Waals surface area contributed by atoms with E-state index >= 15 is 0 Å². The normalized spacial score (nSPS) is 27.2. The molecule has 1 unspecified atom stereocenters. The molecule has 3 fully saturated rings. The second kappa shape index (κ2) is 6.85. The number of amides is 1. The lowest BCUT2D eigenvalue weighted by Gasteiger charge is -2.43. The van der Waals surface area contributed by atoms with E-state index in [1.165, 1.54) is 12.8 Å². The van der Waals surface area contributed by atoms with Crippen molar-refractivity contribution in [2.45, 2.75) is 18.4 Å². The van der Waals surface area contributed by atoms with Crippen molar-refractivity contribution in [2.75, 3.05) is 52.5 Å². The Morgan fingerprint density at radius 2 is 2.19 bits per heavy atom. The van der Waals surface area contributed by atoms with Gasteiger partial charge in [0, 0.05) is 38.6 Å². The number of carbonyl (C=O) groups is 1. The molecule has 0 radical (unpaired) electrons. The maximum Gasteiger partial charge on any atom is 0.259 e. The Morgan fingerprint density at radius 1 is 1.26 bits per heavy atom. The zero-order chi connectivity index (χ0) is 18.3. The van der Waals surface area contributed by atoms with Crippen LogP contribution in [0.3, 0.4) is 0 Å². The van der Waals surface area contributed by atoms with Crippen molar-refractivity contribution in [1.82, 2.24) is 24.4 Å². The van der Waals surface area contributed by atoms with Gasteiger partial charge in [0.2, 0.25) is 0 Å². The Kier molecular flexibility index (Phi) is 4.34. The number of hydrogen-bond donors (Lipinski definition) is 0. The van der Waals surface area contributed by atoms with Gasteiger partial charge >= 0.3 is 0 Å². The maximum absolute atomic E-state index is 13.2. The molecule has 2 aromatic heterocycles. The molecule has 0 aromatic carbocycles. The zero-order valence-electron chi connectivity index (χ0n) is 15.4. The van der Waals surface area contributed by atoms with Crippen LogP contribution in [-0.4, -0.2) is 88.5 Å². The molecular formula is C19H25N5O3. The molecule has 4 heterocycles. The summed E-state index contributed by atoms with van der Waals surface area (Å²) in [6.07, 6.45) is 7.75. The molecule has 2 saturated heterocycles. The standard InChI is InChI=1S/C19H25N5O3/c25-18(16-10-21-24-5-1-4-20-17(16)24)23-7-9-27-19(13-23)12-22(6-8-26-14-19)11-15-2-3-15/h1,4-5,10,15H,2-3,6-9,11-14H2. The van der Waals surface area contributed by atoms with Crippen LogP contribution in [0.4, 0.5) is 0 Å². The van der Waals surface area contributed by atoms with Gasteiger partial charge in [-0.15, -0.1) is 0 Å². The first-order chi connectivity index (χ1) is 13.2. The Morgan fingerprint density at radius 3 is 3.07 bits per heavy atom. The van der Waals surface area contributed by atoms with Crippen LogP contribution in [-0.2, 0) is 9.47 Å². The van der Waals surface area contributed by atoms with E-state index in [-0.39, 0.29) is 5.91 Å². The molecule has 1 atom stereocenters. The highest BCUT2D eigenvalue weighted by molar-refractivity contribution is 5.99. The van der Waals surface area contributed by atoms with Crippen LogP contribution < -0.4 is 0 Å². The van der Waals surface area contributed by atoms with Crippen molar-refractivity contribution in [3.63, 3.8) is 0 Å². The van der Waals surface area contributed by atoms with E-state index in [1.54, 1.807) is 29.2 Å². The highest BCUT2D eigenvalue weighted by Gasteiger charge is 2.42. The first-order valence-corrected chi connectivity index (χ1v) is 9.74. The maximum atomic E-state index is 13.2. The lowest BCUT2D eigenvalue weighted by Crippen LogP contribution is -2.60. The number of nitrogens with zero attached hydrogens (tertiary/aromatic N) is 5.